The Balaban J connectivity index is 0. The zero-order chi connectivity index (χ0) is 35.9. The predicted molar refractivity (Wildman–Crippen MR) is 199 cm³/mol. The van der Waals surface area contributed by atoms with E-state index in [4.69, 9.17) is 19.9 Å². The lowest BCUT2D eigenvalue weighted by Gasteiger charge is -2.20. The molecule has 0 fully saturated rings. The monoisotopic (exact) mass is 665 g/mol. The van der Waals surface area contributed by atoms with Gasteiger partial charge < -0.3 is 34.6 Å². The lowest BCUT2D eigenvalue weighted by atomic mass is 9.86. The minimum absolute atomic E-state index is 0.105. The van der Waals surface area contributed by atoms with Crippen molar-refractivity contribution in [3.8, 4) is 0 Å². The fourth-order valence-electron chi connectivity index (χ4n) is 4.66. The van der Waals surface area contributed by atoms with Gasteiger partial charge in [0.25, 0.3) is 0 Å². The molecule has 2 N–H and O–H groups in total. The van der Waals surface area contributed by atoms with Crippen molar-refractivity contribution in [2.45, 2.75) is 85.5 Å². The number of amides is 2. The molecule has 1 unspecified atom stereocenters. The van der Waals surface area contributed by atoms with E-state index in [0.29, 0.717) is 77.9 Å². The number of carbonyl (C=O) groups excluding carboxylic acids is 2. The van der Waals surface area contributed by atoms with E-state index in [9.17, 15) is 9.59 Å². The van der Waals surface area contributed by atoms with E-state index in [1.807, 2.05) is 45.0 Å². The molecule has 0 aromatic rings. The van der Waals surface area contributed by atoms with Gasteiger partial charge in [-0.3, -0.25) is 9.59 Å². The highest BCUT2D eigenvalue weighted by molar-refractivity contribution is 5.76. The number of nitrogens with zero attached hydrogens (tertiary/aromatic N) is 3. The van der Waals surface area contributed by atoms with Crippen LogP contribution in [0.5, 0.6) is 0 Å². The highest BCUT2D eigenvalue weighted by Gasteiger charge is 2.13. The number of nitrogens with two attached hydrogens (primary N) is 1. The molecule has 0 heterocycles. The second-order valence-electron chi connectivity index (χ2n) is 12.0. The summed E-state index contributed by atoms with van der Waals surface area (Å²) in [5.74, 6) is 0.626. The van der Waals surface area contributed by atoms with Crippen molar-refractivity contribution in [1.82, 2.24) is 14.7 Å². The van der Waals surface area contributed by atoms with Crippen LogP contribution in [0.15, 0.2) is 48.6 Å². The van der Waals surface area contributed by atoms with Gasteiger partial charge in [-0.15, -0.1) is 0 Å². The molecule has 0 radical (unpaired) electrons. The molecule has 0 saturated heterocycles. The van der Waals surface area contributed by atoms with Gasteiger partial charge in [0, 0.05) is 46.7 Å². The Kier molecular flexibility index (Phi) is 32.1. The Morgan fingerprint density at radius 2 is 1.23 bits per heavy atom. The Bertz CT molecular complexity index is 872. The van der Waals surface area contributed by atoms with Gasteiger partial charge in [-0.25, -0.2) is 0 Å². The summed E-state index contributed by atoms with van der Waals surface area (Å²) in [5.41, 5.74) is 9.16. The zero-order valence-electron chi connectivity index (χ0n) is 31.5. The number of hydrogen-bond acceptors (Lipinski definition) is 7. The smallest absolute Gasteiger partial charge is 0.224 e. The van der Waals surface area contributed by atoms with Gasteiger partial charge in [0.15, 0.2) is 0 Å². The number of allylic oxidation sites excluding steroid dienone is 5. The van der Waals surface area contributed by atoms with Crippen molar-refractivity contribution < 1.29 is 23.8 Å². The van der Waals surface area contributed by atoms with Crippen LogP contribution < -0.4 is 5.73 Å². The number of carbonyl (C=O) groups is 2. The number of likely N-dealkylation sites (N-methyl/N-ethyl adjacent to an activating group) is 2. The van der Waals surface area contributed by atoms with E-state index < -0.39 is 0 Å². The molecule has 0 aromatic carbocycles. The molecule has 0 saturated carbocycles. The predicted octanol–water partition coefficient (Wildman–Crippen LogP) is 6.26. The summed E-state index contributed by atoms with van der Waals surface area (Å²) >= 11 is 0. The molecule has 0 aliphatic rings. The lowest BCUT2D eigenvalue weighted by Crippen LogP contribution is -2.32. The zero-order valence-corrected chi connectivity index (χ0v) is 31.5. The number of rotatable bonds is 30. The Hall–Kier alpha value is -2.30. The molecule has 9 heteroatoms. The number of ether oxygens (including phenoxy) is 3. The van der Waals surface area contributed by atoms with Crippen molar-refractivity contribution in [1.29, 1.82) is 0 Å². The second kappa shape index (κ2) is 32.3. The maximum Gasteiger partial charge on any atom is 0.224 e. The average Bonchev–Trinajstić information content (AvgIpc) is 3.07. The molecule has 0 spiro atoms. The first-order valence-electron chi connectivity index (χ1n) is 17.8. The van der Waals surface area contributed by atoms with E-state index in [2.05, 4.69) is 38.5 Å². The first-order valence-corrected chi connectivity index (χ1v) is 17.8. The van der Waals surface area contributed by atoms with E-state index in [-0.39, 0.29) is 11.8 Å². The molecule has 0 aliphatic heterocycles. The van der Waals surface area contributed by atoms with Gasteiger partial charge in [-0.1, -0.05) is 76.1 Å². The van der Waals surface area contributed by atoms with E-state index in [1.165, 1.54) is 11.1 Å². The lowest BCUT2D eigenvalue weighted by molar-refractivity contribution is -0.131. The minimum atomic E-state index is 0.105. The van der Waals surface area contributed by atoms with Crippen molar-refractivity contribution >= 4 is 11.8 Å². The molecule has 0 bridgehead atoms. The second-order valence-corrected chi connectivity index (χ2v) is 12.0. The maximum atomic E-state index is 12.4. The molecule has 0 rings (SSSR count). The van der Waals surface area contributed by atoms with Crippen LogP contribution in [-0.2, 0) is 23.8 Å². The molecule has 1 atom stereocenters. The van der Waals surface area contributed by atoms with Crippen LogP contribution in [0.4, 0.5) is 0 Å². The topological polar surface area (TPSA) is 97.6 Å². The van der Waals surface area contributed by atoms with Gasteiger partial charge >= 0.3 is 0 Å². The minimum Gasteiger partial charge on any atom is -0.379 e. The molecular formula is C38H72N4O5. The van der Waals surface area contributed by atoms with E-state index in [1.54, 1.807) is 11.9 Å². The summed E-state index contributed by atoms with van der Waals surface area (Å²) in [7, 11) is 5.69. The van der Waals surface area contributed by atoms with Crippen LogP contribution in [0.2, 0.25) is 0 Å². The average molecular weight is 665 g/mol. The van der Waals surface area contributed by atoms with Crippen LogP contribution in [0.25, 0.3) is 0 Å². The van der Waals surface area contributed by atoms with Crippen molar-refractivity contribution in [2.75, 3.05) is 93.5 Å². The van der Waals surface area contributed by atoms with Gasteiger partial charge in [0.1, 0.15) is 0 Å². The van der Waals surface area contributed by atoms with E-state index >= 15 is 0 Å². The Morgan fingerprint density at radius 1 is 0.702 bits per heavy atom. The van der Waals surface area contributed by atoms with Crippen molar-refractivity contribution in [3.63, 3.8) is 0 Å². The largest absolute Gasteiger partial charge is 0.379 e. The summed E-state index contributed by atoms with van der Waals surface area (Å²) in [6, 6.07) is 0. The molecule has 0 aromatic heterocycles. The Morgan fingerprint density at radius 3 is 1.81 bits per heavy atom. The third-order valence-corrected chi connectivity index (χ3v) is 8.02. The van der Waals surface area contributed by atoms with E-state index in [0.717, 1.165) is 63.7 Å². The van der Waals surface area contributed by atoms with Crippen LogP contribution in [0.3, 0.4) is 0 Å². The summed E-state index contributed by atoms with van der Waals surface area (Å²) < 4.78 is 16.9. The summed E-state index contributed by atoms with van der Waals surface area (Å²) in [6.45, 7) is 26.9. The standard InChI is InChI=1S/C36H66N4O5.C2H6/c1-9-32(5)34(30-33(10-2)31(3)4)16-13-11-12-14-20-39(7)36(42)18-24-43-28-29-45-26-22-38(6)21-25-44-27-23-40(8)35(41)17-15-19-37;1-2/h9-10,34H,1-2,5,11-30,37H2,3-4,6-8H3;1-2H3. The van der Waals surface area contributed by atoms with Crippen LogP contribution in [0.1, 0.15) is 85.5 Å². The fraction of sp³-hybridized carbons (Fsp3) is 0.737. The first-order chi connectivity index (χ1) is 22.6. The van der Waals surface area contributed by atoms with Crippen LogP contribution in [-0.4, -0.2) is 120 Å². The van der Waals surface area contributed by atoms with Crippen molar-refractivity contribution in [3.05, 3.63) is 48.6 Å². The fourth-order valence-corrected chi connectivity index (χ4v) is 4.66. The third-order valence-electron chi connectivity index (χ3n) is 8.02. The summed E-state index contributed by atoms with van der Waals surface area (Å²) in [4.78, 5) is 29.9. The normalized spacial score (nSPS) is 11.3. The van der Waals surface area contributed by atoms with Gasteiger partial charge in [0.2, 0.25) is 11.8 Å². The SMILES string of the molecule is C=CC(=C)C(CCCCCCN(C)C(=O)CCOCCOCCN(C)CCOCCN(C)C(=O)CCCN)CC(C=C)=C(C)C.CC. The van der Waals surface area contributed by atoms with Gasteiger partial charge in [0.05, 0.1) is 46.1 Å². The number of hydrogen-bond donors (Lipinski definition) is 1. The highest BCUT2D eigenvalue weighted by atomic mass is 16.5. The van der Waals surface area contributed by atoms with Crippen molar-refractivity contribution in [2.24, 2.45) is 11.7 Å². The quantitative estimate of drug-likeness (QED) is 0.0715. The molecule has 0 aliphatic carbocycles. The van der Waals surface area contributed by atoms with Gasteiger partial charge in [-0.2, -0.15) is 0 Å². The summed E-state index contributed by atoms with van der Waals surface area (Å²) in [6.07, 6.45) is 11.9. The van der Waals surface area contributed by atoms with Crippen LogP contribution >= 0.6 is 0 Å². The summed E-state index contributed by atoms with van der Waals surface area (Å²) in [5, 5.41) is 0. The molecular weight excluding hydrogens is 592 g/mol. The van der Waals surface area contributed by atoms with Gasteiger partial charge in [-0.05, 0) is 64.6 Å². The Labute approximate surface area is 289 Å². The molecule has 2 amide bonds. The molecule has 9 nitrogen and oxygen atoms in total. The third kappa shape index (κ3) is 26.4. The van der Waals surface area contributed by atoms with Crippen LogP contribution in [0, 0.1) is 5.92 Å². The maximum absolute atomic E-state index is 12.4. The molecule has 47 heavy (non-hydrogen) atoms. The highest BCUT2D eigenvalue weighted by Crippen LogP contribution is 2.27. The first kappa shape index (κ1) is 46.8. The molecule has 274 valence electrons. The number of unbranched alkanes of at least 4 members (excludes halogenated alkanes) is 3.